The zero-order chi connectivity index (χ0) is 15.4. The number of hydrogen-bond donors (Lipinski definition) is 2. The minimum absolute atomic E-state index is 0.0956. The molecule has 0 aliphatic heterocycles. The highest BCUT2D eigenvalue weighted by Crippen LogP contribution is 2.21. The van der Waals surface area contributed by atoms with Crippen molar-refractivity contribution >= 4 is 23.2 Å². The van der Waals surface area contributed by atoms with Crippen LogP contribution in [-0.4, -0.2) is 16.7 Å². The van der Waals surface area contributed by atoms with Crippen LogP contribution in [0.5, 0.6) is 0 Å². The van der Waals surface area contributed by atoms with Gasteiger partial charge in [-0.2, -0.15) is 0 Å². The Labute approximate surface area is 119 Å². The Balaban J connectivity index is 2.36. The number of nitro groups is 1. The van der Waals surface area contributed by atoms with E-state index in [0.29, 0.717) is 0 Å². The number of rotatable bonds is 4. The lowest BCUT2D eigenvalue weighted by atomic mass is 10.1. The Kier molecular flexibility index (Phi) is 3.94. The molecule has 2 amide bonds. The number of benzene rings is 2. The number of anilines is 1. The number of nitrogens with two attached hydrogens (primary N) is 1. The molecular formula is C14H11N3O4. The van der Waals surface area contributed by atoms with Gasteiger partial charge in [-0.1, -0.05) is 24.3 Å². The van der Waals surface area contributed by atoms with Gasteiger partial charge in [0, 0.05) is 6.07 Å². The molecule has 0 spiro atoms. The Morgan fingerprint density at radius 1 is 1.00 bits per heavy atom. The molecule has 0 bridgehead atoms. The third kappa shape index (κ3) is 3.03. The molecule has 0 radical (unpaired) electrons. The van der Waals surface area contributed by atoms with Crippen LogP contribution in [0.25, 0.3) is 0 Å². The second-order valence-corrected chi connectivity index (χ2v) is 4.14. The Bertz CT molecular complexity index is 728. The number of para-hydroxylation sites is 2. The molecule has 0 heterocycles. The largest absolute Gasteiger partial charge is 0.366 e. The van der Waals surface area contributed by atoms with Crippen molar-refractivity contribution in [3.63, 3.8) is 0 Å². The van der Waals surface area contributed by atoms with E-state index in [4.69, 9.17) is 5.73 Å². The van der Waals surface area contributed by atoms with E-state index < -0.39 is 16.7 Å². The maximum atomic E-state index is 12.1. The van der Waals surface area contributed by atoms with Crippen molar-refractivity contribution in [1.29, 1.82) is 0 Å². The highest BCUT2D eigenvalue weighted by molar-refractivity contribution is 6.10. The molecule has 0 aromatic heterocycles. The molecule has 7 nitrogen and oxygen atoms in total. The summed E-state index contributed by atoms with van der Waals surface area (Å²) in [6.45, 7) is 0. The van der Waals surface area contributed by atoms with Crippen LogP contribution in [0, 0.1) is 10.1 Å². The highest BCUT2D eigenvalue weighted by atomic mass is 16.6. The Hall–Kier alpha value is -3.22. The summed E-state index contributed by atoms with van der Waals surface area (Å²) in [4.78, 5) is 33.7. The third-order valence-electron chi connectivity index (χ3n) is 2.79. The molecule has 2 aromatic carbocycles. The summed E-state index contributed by atoms with van der Waals surface area (Å²) in [5, 5.41) is 13.4. The predicted octanol–water partition coefficient (Wildman–Crippen LogP) is 1.95. The smallest absolute Gasteiger partial charge is 0.282 e. The van der Waals surface area contributed by atoms with E-state index in [0.717, 1.165) is 0 Å². The van der Waals surface area contributed by atoms with Crippen molar-refractivity contribution in [2.45, 2.75) is 0 Å². The molecular weight excluding hydrogens is 274 g/mol. The van der Waals surface area contributed by atoms with Crippen molar-refractivity contribution in [3.8, 4) is 0 Å². The van der Waals surface area contributed by atoms with Crippen LogP contribution in [0.2, 0.25) is 0 Å². The van der Waals surface area contributed by atoms with E-state index in [2.05, 4.69) is 5.32 Å². The number of nitrogens with zero attached hydrogens (tertiary/aromatic N) is 1. The van der Waals surface area contributed by atoms with Gasteiger partial charge >= 0.3 is 0 Å². The van der Waals surface area contributed by atoms with Crippen molar-refractivity contribution in [2.24, 2.45) is 5.73 Å². The van der Waals surface area contributed by atoms with Crippen LogP contribution in [-0.2, 0) is 0 Å². The van der Waals surface area contributed by atoms with Crippen LogP contribution in [0.3, 0.4) is 0 Å². The molecule has 2 aromatic rings. The van der Waals surface area contributed by atoms with Gasteiger partial charge in [-0.3, -0.25) is 19.7 Å². The monoisotopic (exact) mass is 285 g/mol. The van der Waals surface area contributed by atoms with Crippen LogP contribution in [0.1, 0.15) is 20.7 Å². The van der Waals surface area contributed by atoms with Crippen LogP contribution >= 0.6 is 0 Å². The van der Waals surface area contributed by atoms with Crippen molar-refractivity contribution in [2.75, 3.05) is 5.32 Å². The van der Waals surface area contributed by atoms with Crippen molar-refractivity contribution in [3.05, 3.63) is 69.8 Å². The number of amides is 2. The second kappa shape index (κ2) is 5.83. The lowest BCUT2D eigenvalue weighted by Crippen LogP contribution is -2.18. The fourth-order valence-corrected chi connectivity index (χ4v) is 1.82. The first-order chi connectivity index (χ1) is 10.0. The van der Waals surface area contributed by atoms with Gasteiger partial charge in [0.15, 0.2) is 0 Å². The van der Waals surface area contributed by atoms with Crippen LogP contribution in [0.4, 0.5) is 11.4 Å². The Morgan fingerprint density at radius 3 is 2.19 bits per heavy atom. The topological polar surface area (TPSA) is 115 Å². The van der Waals surface area contributed by atoms with Gasteiger partial charge in [-0.15, -0.1) is 0 Å². The summed E-state index contributed by atoms with van der Waals surface area (Å²) in [6.07, 6.45) is 0. The summed E-state index contributed by atoms with van der Waals surface area (Å²) in [5.41, 5.74) is 5.13. The maximum absolute atomic E-state index is 12.1. The van der Waals surface area contributed by atoms with Gasteiger partial charge in [0.1, 0.15) is 5.56 Å². The summed E-state index contributed by atoms with van der Waals surface area (Å²) in [6, 6.07) is 11.7. The molecule has 0 aliphatic carbocycles. The van der Waals surface area contributed by atoms with Gasteiger partial charge < -0.3 is 11.1 Å². The normalized spacial score (nSPS) is 9.90. The van der Waals surface area contributed by atoms with Crippen molar-refractivity contribution in [1.82, 2.24) is 0 Å². The van der Waals surface area contributed by atoms with E-state index in [-0.39, 0.29) is 22.5 Å². The van der Waals surface area contributed by atoms with E-state index >= 15 is 0 Å². The molecule has 3 N–H and O–H groups in total. The number of nitro benzene ring substituents is 1. The van der Waals surface area contributed by atoms with Gasteiger partial charge in [-0.05, 0) is 18.2 Å². The fraction of sp³-hybridized carbons (Fsp3) is 0. The van der Waals surface area contributed by atoms with Gasteiger partial charge in [0.05, 0.1) is 16.2 Å². The molecule has 7 heteroatoms. The molecule has 0 saturated heterocycles. The molecule has 0 aliphatic rings. The van der Waals surface area contributed by atoms with Crippen molar-refractivity contribution < 1.29 is 14.5 Å². The molecule has 0 fully saturated rings. The number of carbonyl (C=O) groups is 2. The molecule has 106 valence electrons. The predicted molar refractivity (Wildman–Crippen MR) is 76.0 cm³/mol. The molecule has 0 saturated carbocycles. The standard InChI is InChI=1S/C14H11N3O4/c15-13(18)9-5-1-3-7-11(9)16-14(19)10-6-2-4-8-12(10)17(20)21/h1-8H,(H2,15,18)(H,16,19). The summed E-state index contributed by atoms with van der Waals surface area (Å²) < 4.78 is 0. The quantitative estimate of drug-likeness (QED) is 0.659. The van der Waals surface area contributed by atoms with E-state index in [1.54, 1.807) is 12.1 Å². The summed E-state index contributed by atoms with van der Waals surface area (Å²) in [5.74, 6) is -1.38. The first-order valence-corrected chi connectivity index (χ1v) is 5.94. The average Bonchev–Trinajstić information content (AvgIpc) is 2.47. The van der Waals surface area contributed by atoms with Gasteiger partial charge in [0.25, 0.3) is 17.5 Å². The number of hydrogen-bond acceptors (Lipinski definition) is 4. The zero-order valence-electron chi connectivity index (χ0n) is 10.8. The summed E-state index contributed by atoms with van der Waals surface area (Å²) in [7, 11) is 0. The zero-order valence-corrected chi connectivity index (χ0v) is 10.8. The molecule has 0 atom stereocenters. The fourth-order valence-electron chi connectivity index (χ4n) is 1.82. The van der Waals surface area contributed by atoms with E-state index in [1.807, 2.05) is 0 Å². The molecule has 2 rings (SSSR count). The van der Waals surface area contributed by atoms with Gasteiger partial charge in [-0.25, -0.2) is 0 Å². The number of primary amides is 1. The van der Waals surface area contributed by atoms with E-state index in [1.165, 1.54) is 36.4 Å². The number of nitrogens with one attached hydrogen (secondary N) is 1. The average molecular weight is 285 g/mol. The highest BCUT2D eigenvalue weighted by Gasteiger charge is 2.20. The number of carbonyl (C=O) groups excluding carboxylic acids is 2. The van der Waals surface area contributed by atoms with E-state index in [9.17, 15) is 19.7 Å². The third-order valence-corrected chi connectivity index (χ3v) is 2.79. The van der Waals surface area contributed by atoms with Crippen LogP contribution in [0.15, 0.2) is 48.5 Å². The van der Waals surface area contributed by atoms with Gasteiger partial charge in [0.2, 0.25) is 0 Å². The SMILES string of the molecule is NC(=O)c1ccccc1NC(=O)c1ccccc1[N+](=O)[O-]. The molecule has 0 unspecified atom stereocenters. The van der Waals surface area contributed by atoms with Crippen LogP contribution < -0.4 is 11.1 Å². The second-order valence-electron chi connectivity index (χ2n) is 4.14. The summed E-state index contributed by atoms with van der Waals surface area (Å²) >= 11 is 0. The molecule has 21 heavy (non-hydrogen) atoms. The maximum Gasteiger partial charge on any atom is 0.282 e. The minimum Gasteiger partial charge on any atom is -0.366 e. The lowest BCUT2D eigenvalue weighted by Gasteiger charge is -2.08. The Morgan fingerprint density at radius 2 is 1.57 bits per heavy atom. The first kappa shape index (κ1) is 14.2. The first-order valence-electron chi connectivity index (χ1n) is 5.94. The lowest BCUT2D eigenvalue weighted by molar-refractivity contribution is -0.385. The minimum atomic E-state index is -0.700.